The van der Waals surface area contributed by atoms with Gasteiger partial charge in [-0.25, -0.2) is 9.59 Å². The van der Waals surface area contributed by atoms with Gasteiger partial charge in [0.15, 0.2) is 0 Å². The van der Waals surface area contributed by atoms with Crippen LogP contribution >= 0.6 is 11.8 Å². The summed E-state index contributed by atoms with van der Waals surface area (Å²) in [5, 5.41) is 0. The number of hydrogen-bond acceptors (Lipinski definition) is 6. The van der Waals surface area contributed by atoms with Crippen molar-refractivity contribution in [2.75, 3.05) is 19.1 Å². The Bertz CT molecular complexity index is 382. The minimum absolute atomic E-state index is 0.308. The van der Waals surface area contributed by atoms with Gasteiger partial charge in [-0.3, -0.25) is 4.98 Å². The lowest BCUT2D eigenvalue weighted by Gasteiger charge is -2.14. The molecule has 0 fully saturated rings. The van der Waals surface area contributed by atoms with Crippen molar-refractivity contribution >= 4 is 23.7 Å². The molecule has 0 aliphatic carbocycles. The molecule has 1 heterocycles. The maximum atomic E-state index is 11.7. The average molecular weight is 255 g/mol. The summed E-state index contributed by atoms with van der Waals surface area (Å²) in [7, 11) is 1.26. The van der Waals surface area contributed by atoms with Crippen LogP contribution < -0.4 is 0 Å². The highest BCUT2D eigenvalue weighted by molar-refractivity contribution is 7.98. The average Bonchev–Trinajstić information content (AvgIpc) is 2.38. The highest BCUT2D eigenvalue weighted by Crippen LogP contribution is 2.08. The Kier molecular flexibility index (Phi) is 5.48. The third-order valence-electron chi connectivity index (χ3n) is 1.93. The molecule has 0 radical (unpaired) electrons. The van der Waals surface area contributed by atoms with Gasteiger partial charge in [0.25, 0.3) is 0 Å². The van der Waals surface area contributed by atoms with E-state index < -0.39 is 18.0 Å². The number of carbonyl (C=O) groups is 2. The number of rotatable bonds is 5. The Labute approximate surface area is 104 Å². The fourth-order valence-electron chi connectivity index (χ4n) is 1.11. The molecule has 1 aromatic heterocycles. The zero-order valence-electron chi connectivity index (χ0n) is 9.58. The lowest BCUT2D eigenvalue weighted by molar-refractivity contribution is -0.149. The Balaban J connectivity index is 2.67. The molecule has 1 atom stereocenters. The molecule has 0 aliphatic rings. The first-order chi connectivity index (χ1) is 8.19. The van der Waals surface area contributed by atoms with Crippen molar-refractivity contribution < 1.29 is 19.1 Å². The SMILES string of the molecule is COC(=O)C(CSC)OC(=O)c1cccnc1. The number of carbonyl (C=O) groups excluding carboxylic acids is 2. The largest absolute Gasteiger partial charge is 0.466 e. The summed E-state index contributed by atoms with van der Waals surface area (Å²) >= 11 is 1.40. The molecule has 1 aromatic rings. The van der Waals surface area contributed by atoms with Gasteiger partial charge in [0.2, 0.25) is 6.10 Å². The van der Waals surface area contributed by atoms with E-state index in [2.05, 4.69) is 9.72 Å². The molecule has 6 heteroatoms. The molecule has 0 saturated heterocycles. The molecule has 0 spiro atoms. The van der Waals surface area contributed by atoms with Crippen molar-refractivity contribution in [3.05, 3.63) is 30.1 Å². The molecule has 0 aliphatic heterocycles. The van der Waals surface area contributed by atoms with Crippen molar-refractivity contribution in [3.63, 3.8) is 0 Å². The monoisotopic (exact) mass is 255 g/mol. The molecule has 0 aromatic carbocycles. The van der Waals surface area contributed by atoms with Crippen molar-refractivity contribution in [1.82, 2.24) is 4.98 Å². The number of aromatic nitrogens is 1. The normalized spacial score (nSPS) is 11.6. The molecule has 92 valence electrons. The summed E-state index contributed by atoms with van der Waals surface area (Å²) in [6.45, 7) is 0. The number of ether oxygens (including phenoxy) is 2. The Morgan fingerprint density at radius 3 is 2.82 bits per heavy atom. The third kappa shape index (κ3) is 4.07. The van der Waals surface area contributed by atoms with Gasteiger partial charge in [-0.15, -0.1) is 0 Å². The van der Waals surface area contributed by atoms with E-state index in [4.69, 9.17) is 4.74 Å². The van der Waals surface area contributed by atoms with E-state index in [1.807, 2.05) is 6.26 Å². The topological polar surface area (TPSA) is 65.5 Å². The summed E-state index contributed by atoms with van der Waals surface area (Å²) in [6.07, 6.45) is 3.86. The zero-order chi connectivity index (χ0) is 12.7. The Hall–Kier alpha value is -1.56. The molecule has 0 saturated carbocycles. The molecule has 0 bridgehead atoms. The summed E-state index contributed by atoms with van der Waals surface area (Å²) in [5.41, 5.74) is 0.308. The van der Waals surface area contributed by atoms with Gasteiger partial charge < -0.3 is 9.47 Å². The summed E-state index contributed by atoms with van der Waals surface area (Å²) < 4.78 is 9.61. The van der Waals surface area contributed by atoms with E-state index in [9.17, 15) is 9.59 Å². The van der Waals surface area contributed by atoms with Crippen molar-refractivity contribution in [2.24, 2.45) is 0 Å². The first-order valence-corrected chi connectivity index (χ1v) is 6.26. The van der Waals surface area contributed by atoms with Crippen molar-refractivity contribution in [1.29, 1.82) is 0 Å². The fraction of sp³-hybridized carbons (Fsp3) is 0.364. The van der Waals surface area contributed by atoms with Gasteiger partial charge in [0, 0.05) is 18.1 Å². The smallest absolute Gasteiger partial charge is 0.348 e. The molecular formula is C11H13NO4S. The predicted molar refractivity (Wildman–Crippen MR) is 63.8 cm³/mol. The van der Waals surface area contributed by atoms with Crippen LogP contribution in [0.25, 0.3) is 0 Å². The van der Waals surface area contributed by atoms with Crippen LogP contribution in [0.15, 0.2) is 24.5 Å². The highest BCUT2D eigenvalue weighted by atomic mass is 32.2. The van der Waals surface area contributed by atoms with E-state index in [0.717, 1.165) is 0 Å². The van der Waals surface area contributed by atoms with Gasteiger partial charge >= 0.3 is 11.9 Å². The molecule has 1 unspecified atom stereocenters. The van der Waals surface area contributed by atoms with Crippen LogP contribution in [0.5, 0.6) is 0 Å². The number of nitrogens with zero attached hydrogens (tertiary/aromatic N) is 1. The standard InChI is InChI=1S/C11H13NO4S/c1-15-11(14)9(7-17-2)16-10(13)8-4-3-5-12-6-8/h3-6,9H,7H2,1-2H3. The predicted octanol–water partition coefficient (Wildman–Crippen LogP) is 1.14. The molecule has 0 amide bonds. The van der Waals surface area contributed by atoms with E-state index >= 15 is 0 Å². The van der Waals surface area contributed by atoms with E-state index in [-0.39, 0.29) is 0 Å². The third-order valence-corrected chi connectivity index (χ3v) is 2.56. The van der Waals surface area contributed by atoms with E-state index in [1.54, 1.807) is 18.3 Å². The van der Waals surface area contributed by atoms with Crippen LogP contribution in [0.2, 0.25) is 0 Å². The fourth-order valence-corrected chi connectivity index (χ4v) is 1.62. The van der Waals surface area contributed by atoms with Crippen LogP contribution in [-0.4, -0.2) is 42.1 Å². The number of esters is 2. The van der Waals surface area contributed by atoms with Crippen LogP contribution in [0.3, 0.4) is 0 Å². The number of hydrogen-bond donors (Lipinski definition) is 0. The second-order valence-corrected chi connectivity index (χ2v) is 4.02. The van der Waals surface area contributed by atoms with Gasteiger partial charge in [0.05, 0.1) is 12.7 Å². The first kappa shape index (κ1) is 13.5. The lowest BCUT2D eigenvalue weighted by Crippen LogP contribution is -2.30. The molecular weight excluding hydrogens is 242 g/mol. The van der Waals surface area contributed by atoms with Crippen LogP contribution in [0, 0.1) is 0 Å². The van der Waals surface area contributed by atoms with Gasteiger partial charge in [-0.2, -0.15) is 11.8 Å². The first-order valence-electron chi connectivity index (χ1n) is 4.86. The molecule has 17 heavy (non-hydrogen) atoms. The maximum absolute atomic E-state index is 11.7. The molecule has 5 nitrogen and oxygen atoms in total. The van der Waals surface area contributed by atoms with Crippen molar-refractivity contribution in [2.45, 2.75) is 6.10 Å². The minimum atomic E-state index is -0.886. The Morgan fingerprint density at radius 2 is 2.29 bits per heavy atom. The van der Waals surface area contributed by atoms with Crippen LogP contribution in [-0.2, 0) is 14.3 Å². The quantitative estimate of drug-likeness (QED) is 0.735. The summed E-state index contributed by atoms with van der Waals surface area (Å²) in [5.74, 6) is -0.780. The van der Waals surface area contributed by atoms with Crippen molar-refractivity contribution in [3.8, 4) is 0 Å². The number of methoxy groups -OCH3 is 1. The second kappa shape index (κ2) is 6.90. The summed E-state index contributed by atoms with van der Waals surface area (Å²) in [4.78, 5) is 26.8. The lowest BCUT2D eigenvalue weighted by atomic mass is 10.3. The van der Waals surface area contributed by atoms with Gasteiger partial charge in [0.1, 0.15) is 0 Å². The van der Waals surface area contributed by atoms with E-state index in [1.165, 1.54) is 25.1 Å². The summed E-state index contributed by atoms with van der Waals surface area (Å²) in [6, 6.07) is 3.20. The zero-order valence-corrected chi connectivity index (χ0v) is 10.4. The van der Waals surface area contributed by atoms with Crippen LogP contribution in [0.1, 0.15) is 10.4 Å². The molecule has 1 rings (SSSR count). The van der Waals surface area contributed by atoms with Gasteiger partial charge in [-0.05, 0) is 18.4 Å². The number of thioether (sulfide) groups is 1. The van der Waals surface area contributed by atoms with Gasteiger partial charge in [-0.1, -0.05) is 0 Å². The van der Waals surface area contributed by atoms with E-state index in [0.29, 0.717) is 11.3 Å². The minimum Gasteiger partial charge on any atom is -0.466 e. The highest BCUT2D eigenvalue weighted by Gasteiger charge is 2.23. The maximum Gasteiger partial charge on any atom is 0.348 e. The molecule has 0 N–H and O–H groups in total. The van der Waals surface area contributed by atoms with Crippen LogP contribution in [0.4, 0.5) is 0 Å². The second-order valence-electron chi connectivity index (χ2n) is 3.11. The number of pyridine rings is 1. The Morgan fingerprint density at radius 1 is 1.53 bits per heavy atom.